The number of rotatable bonds is 4. The maximum absolute atomic E-state index is 4.70. The molecule has 4 nitrogen and oxygen atoms in total. The van der Waals surface area contributed by atoms with Crippen molar-refractivity contribution in [1.82, 2.24) is 15.2 Å². The monoisotopic (exact) mass is 326 g/mol. The third kappa shape index (κ3) is 3.25. The van der Waals surface area contributed by atoms with Crippen LogP contribution in [-0.2, 0) is 12.8 Å². The maximum Gasteiger partial charge on any atom is 0.245 e. The first kappa shape index (κ1) is 14.7. The highest BCUT2D eigenvalue weighted by molar-refractivity contribution is 9.09. The molecule has 0 aromatic carbocycles. The van der Waals surface area contributed by atoms with E-state index in [0.717, 1.165) is 30.2 Å². The molecule has 2 unspecified atom stereocenters. The lowest BCUT2D eigenvalue weighted by Gasteiger charge is -2.35. The molecule has 5 heteroatoms. The van der Waals surface area contributed by atoms with Gasteiger partial charge in [0, 0.05) is 17.9 Å². The van der Waals surface area contributed by atoms with Crippen molar-refractivity contribution in [3.63, 3.8) is 0 Å². The standard InChI is InChI=1S/C14H23BrN4/c1-4-11-12(5-2)17-18-14(16-11)19(3)13-9-7-6-8-10(13)15/h10,13H,4-9H2,1-3H3. The summed E-state index contributed by atoms with van der Waals surface area (Å²) in [6.45, 7) is 4.23. The van der Waals surface area contributed by atoms with E-state index >= 15 is 0 Å². The summed E-state index contributed by atoms with van der Waals surface area (Å²) >= 11 is 3.80. The second kappa shape index (κ2) is 6.64. The van der Waals surface area contributed by atoms with Crippen LogP contribution in [0.25, 0.3) is 0 Å². The van der Waals surface area contributed by atoms with Gasteiger partial charge in [-0.1, -0.05) is 42.6 Å². The predicted octanol–water partition coefficient (Wildman–Crippen LogP) is 3.14. The second-order valence-electron chi connectivity index (χ2n) is 5.19. The minimum atomic E-state index is 0.479. The third-order valence-electron chi connectivity index (χ3n) is 3.96. The molecule has 1 aliphatic rings. The normalized spacial score (nSPS) is 23.4. The Morgan fingerprint density at radius 3 is 2.42 bits per heavy atom. The first-order valence-corrected chi connectivity index (χ1v) is 8.18. The number of alkyl halides is 1. The zero-order chi connectivity index (χ0) is 13.8. The van der Waals surface area contributed by atoms with Crippen LogP contribution < -0.4 is 4.90 Å². The smallest absolute Gasteiger partial charge is 0.245 e. The molecule has 1 aromatic rings. The number of aromatic nitrogens is 3. The van der Waals surface area contributed by atoms with Gasteiger partial charge in [-0.2, -0.15) is 5.10 Å². The maximum atomic E-state index is 4.70. The summed E-state index contributed by atoms with van der Waals surface area (Å²) in [6, 6.07) is 0.479. The Hall–Kier alpha value is -0.710. The third-order valence-corrected chi connectivity index (χ3v) is 5.03. The summed E-state index contributed by atoms with van der Waals surface area (Å²) < 4.78 is 0. The largest absolute Gasteiger partial charge is 0.338 e. The van der Waals surface area contributed by atoms with E-state index in [2.05, 4.69) is 51.9 Å². The predicted molar refractivity (Wildman–Crippen MR) is 82.0 cm³/mol. The molecule has 1 heterocycles. The molecule has 1 fully saturated rings. The van der Waals surface area contributed by atoms with Gasteiger partial charge < -0.3 is 4.90 Å². The van der Waals surface area contributed by atoms with Crippen molar-refractivity contribution in [2.75, 3.05) is 11.9 Å². The van der Waals surface area contributed by atoms with Crippen LogP contribution in [0, 0.1) is 0 Å². The van der Waals surface area contributed by atoms with Crippen LogP contribution in [0.2, 0.25) is 0 Å². The highest BCUT2D eigenvalue weighted by Gasteiger charge is 2.28. The van der Waals surface area contributed by atoms with Gasteiger partial charge in [0.05, 0.1) is 11.4 Å². The van der Waals surface area contributed by atoms with Gasteiger partial charge in [-0.05, 0) is 25.7 Å². The van der Waals surface area contributed by atoms with E-state index < -0.39 is 0 Å². The van der Waals surface area contributed by atoms with Crippen molar-refractivity contribution < 1.29 is 0 Å². The van der Waals surface area contributed by atoms with Gasteiger partial charge in [-0.25, -0.2) is 4.98 Å². The van der Waals surface area contributed by atoms with Gasteiger partial charge in [0.15, 0.2) is 0 Å². The number of halogens is 1. The Morgan fingerprint density at radius 1 is 1.11 bits per heavy atom. The molecule has 1 saturated carbocycles. The number of hydrogen-bond acceptors (Lipinski definition) is 4. The van der Waals surface area contributed by atoms with Crippen LogP contribution in [0.1, 0.15) is 50.9 Å². The molecular formula is C14H23BrN4. The van der Waals surface area contributed by atoms with Gasteiger partial charge in [0.2, 0.25) is 5.95 Å². The number of hydrogen-bond donors (Lipinski definition) is 0. The molecule has 1 aromatic heterocycles. The lowest BCUT2D eigenvalue weighted by atomic mass is 9.94. The average molecular weight is 327 g/mol. The van der Waals surface area contributed by atoms with E-state index in [1.807, 2.05) is 0 Å². The van der Waals surface area contributed by atoms with Gasteiger partial charge in [-0.15, -0.1) is 5.10 Å². The van der Waals surface area contributed by atoms with Crippen LogP contribution in [0.4, 0.5) is 5.95 Å². The van der Waals surface area contributed by atoms with Crippen molar-refractivity contribution in [3.05, 3.63) is 11.4 Å². The lowest BCUT2D eigenvalue weighted by Crippen LogP contribution is -2.41. The van der Waals surface area contributed by atoms with Crippen LogP contribution in [-0.4, -0.2) is 33.1 Å². The van der Waals surface area contributed by atoms with Crippen LogP contribution in [0.3, 0.4) is 0 Å². The highest BCUT2D eigenvalue weighted by atomic mass is 79.9. The molecule has 2 atom stereocenters. The van der Waals surface area contributed by atoms with Crippen molar-refractivity contribution in [2.24, 2.45) is 0 Å². The second-order valence-corrected chi connectivity index (χ2v) is 6.37. The summed E-state index contributed by atoms with van der Waals surface area (Å²) in [4.78, 5) is 7.43. The zero-order valence-corrected chi connectivity index (χ0v) is 13.7. The lowest BCUT2D eigenvalue weighted by molar-refractivity contribution is 0.438. The van der Waals surface area contributed by atoms with Crippen molar-refractivity contribution in [2.45, 2.75) is 63.2 Å². The van der Waals surface area contributed by atoms with Crippen LogP contribution in [0.15, 0.2) is 0 Å². The first-order valence-electron chi connectivity index (χ1n) is 7.26. The summed E-state index contributed by atoms with van der Waals surface area (Å²) in [5.41, 5.74) is 2.11. The van der Waals surface area contributed by atoms with E-state index in [9.17, 15) is 0 Å². The van der Waals surface area contributed by atoms with Crippen molar-refractivity contribution >= 4 is 21.9 Å². The van der Waals surface area contributed by atoms with Crippen LogP contribution >= 0.6 is 15.9 Å². The average Bonchev–Trinajstić information content (AvgIpc) is 2.46. The van der Waals surface area contributed by atoms with Crippen molar-refractivity contribution in [1.29, 1.82) is 0 Å². The summed E-state index contributed by atoms with van der Waals surface area (Å²) in [5.74, 6) is 0.769. The van der Waals surface area contributed by atoms with E-state index in [4.69, 9.17) is 4.98 Å². The fourth-order valence-electron chi connectivity index (χ4n) is 2.73. The fraction of sp³-hybridized carbons (Fsp3) is 0.786. The molecule has 2 rings (SSSR count). The van der Waals surface area contributed by atoms with Gasteiger partial charge in [0.1, 0.15) is 0 Å². The molecule has 0 radical (unpaired) electrons. The zero-order valence-electron chi connectivity index (χ0n) is 12.1. The molecule has 0 amide bonds. The summed E-state index contributed by atoms with van der Waals surface area (Å²) in [6.07, 6.45) is 6.86. The molecule has 1 aliphatic carbocycles. The summed E-state index contributed by atoms with van der Waals surface area (Å²) in [7, 11) is 2.09. The molecule has 0 saturated heterocycles. The molecule has 106 valence electrons. The van der Waals surface area contributed by atoms with E-state index in [1.54, 1.807) is 0 Å². The highest BCUT2D eigenvalue weighted by Crippen LogP contribution is 2.29. The summed E-state index contributed by atoms with van der Waals surface area (Å²) in [5, 5.41) is 8.65. The fourth-order valence-corrected chi connectivity index (χ4v) is 3.67. The minimum Gasteiger partial charge on any atom is -0.338 e. The Morgan fingerprint density at radius 2 is 1.79 bits per heavy atom. The molecule has 0 N–H and O–H groups in total. The topological polar surface area (TPSA) is 41.9 Å². The Balaban J connectivity index is 2.20. The Kier molecular flexibility index (Phi) is 5.13. The van der Waals surface area contributed by atoms with Gasteiger partial charge in [-0.3, -0.25) is 0 Å². The Bertz CT molecular complexity index is 424. The number of nitrogens with zero attached hydrogens (tertiary/aromatic N) is 4. The van der Waals surface area contributed by atoms with Crippen molar-refractivity contribution in [3.8, 4) is 0 Å². The molecular weight excluding hydrogens is 304 g/mol. The Labute approximate surface area is 124 Å². The van der Waals surface area contributed by atoms with Gasteiger partial charge >= 0.3 is 0 Å². The quantitative estimate of drug-likeness (QED) is 0.797. The van der Waals surface area contributed by atoms with E-state index in [1.165, 1.54) is 25.7 Å². The molecule has 19 heavy (non-hydrogen) atoms. The number of aryl methyl sites for hydroxylation is 2. The minimum absolute atomic E-state index is 0.479. The molecule has 0 bridgehead atoms. The van der Waals surface area contributed by atoms with E-state index in [-0.39, 0.29) is 0 Å². The van der Waals surface area contributed by atoms with E-state index in [0.29, 0.717) is 10.9 Å². The first-order chi connectivity index (χ1) is 9.17. The SMILES string of the molecule is CCc1nnc(N(C)C2CCCCC2Br)nc1CC. The molecule has 0 spiro atoms. The van der Waals surface area contributed by atoms with Crippen LogP contribution in [0.5, 0.6) is 0 Å². The molecule has 0 aliphatic heterocycles. The number of anilines is 1. The van der Waals surface area contributed by atoms with Gasteiger partial charge in [0.25, 0.3) is 0 Å².